The van der Waals surface area contributed by atoms with Crippen molar-refractivity contribution < 1.29 is 19.1 Å². The topological polar surface area (TPSA) is 93.9 Å². The summed E-state index contributed by atoms with van der Waals surface area (Å²) in [5, 5.41) is 3.34. The third kappa shape index (κ3) is 5.62. The maximum Gasteiger partial charge on any atom is 0.248 e. The van der Waals surface area contributed by atoms with Gasteiger partial charge in [0.05, 0.1) is 26.2 Å². The maximum atomic E-state index is 12.9. The van der Waals surface area contributed by atoms with E-state index in [1.165, 1.54) is 0 Å². The van der Waals surface area contributed by atoms with Crippen molar-refractivity contribution in [2.45, 2.75) is 12.5 Å². The van der Waals surface area contributed by atoms with Crippen molar-refractivity contribution in [3.8, 4) is 11.5 Å². The van der Waals surface area contributed by atoms with Gasteiger partial charge in [-0.3, -0.25) is 9.59 Å². The summed E-state index contributed by atoms with van der Waals surface area (Å²) in [6.07, 6.45) is 0.243. The van der Waals surface area contributed by atoms with Crippen LogP contribution < -0.4 is 20.5 Å². The Hall–Kier alpha value is -2.77. The summed E-state index contributed by atoms with van der Waals surface area (Å²) in [6.45, 7) is 2.27. The third-order valence-electron chi connectivity index (χ3n) is 4.76. The van der Waals surface area contributed by atoms with Gasteiger partial charge < -0.3 is 25.4 Å². The van der Waals surface area contributed by atoms with Gasteiger partial charge in [0.2, 0.25) is 11.8 Å². The van der Waals surface area contributed by atoms with Gasteiger partial charge >= 0.3 is 0 Å². The quantitative estimate of drug-likeness (QED) is 0.717. The molecule has 8 heteroatoms. The van der Waals surface area contributed by atoms with Gasteiger partial charge in [0.25, 0.3) is 0 Å². The molecule has 3 N–H and O–H groups in total. The number of primary amides is 1. The Morgan fingerprint density at radius 3 is 2.76 bits per heavy atom. The number of methoxy groups -OCH3 is 1. The minimum Gasteiger partial charge on any atom is -0.496 e. The molecule has 2 amide bonds. The summed E-state index contributed by atoms with van der Waals surface area (Å²) in [7, 11) is 1.63. The normalized spacial score (nSPS) is 15.9. The minimum atomic E-state index is -0.512. The Morgan fingerprint density at radius 2 is 2.00 bits per heavy atom. The zero-order valence-electron chi connectivity index (χ0n) is 16.3. The van der Waals surface area contributed by atoms with Crippen molar-refractivity contribution in [2.75, 3.05) is 33.4 Å². The molecule has 1 atom stereocenters. The molecule has 0 aromatic heterocycles. The van der Waals surface area contributed by atoms with Gasteiger partial charge in [-0.1, -0.05) is 24.3 Å². The van der Waals surface area contributed by atoms with E-state index in [1.807, 2.05) is 29.2 Å². The van der Waals surface area contributed by atoms with Gasteiger partial charge in [0.15, 0.2) is 0 Å². The van der Waals surface area contributed by atoms with Crippen LogP contribution in [0.4, 0.5) is 0 Å². The SMILES string of the molecule is COc1ccccc1C1CNCCN1C(=O)CCOc1cccc(C(N)=O)c1.Cl. The number of carbonyl (C=O) groups is 2. The summed E-state index contributed by atoms with van der Waals surface area (Å²) < 4.78 is 11.1. The van der Waals surface area contributed by atoms with Crippen molar-refractivity contribution in [1.82, 2.24) is 10.2 Å². The van der Waals surface area contributed by atoms with E-state index in [0.29, 0.717) is 24.4 Å². The number of hydrogen-bond donors (Lipinski definition) is 2. The lowest BCUT2D eigenvalue weighted by atomic mass is 10.0. The molecule has 1 aliphatic heterocycles. The van der Waals surface area contributed by atoms with Gasteiger partial charge in [0.1, 0.15) is 11.5 Å². The van der Waals surface area contributed by atoms with Crippen molar-refractivity contribution in [3.05, 3.63) is 59.7 Å². The van der Waals surface area contributed by atoms with Crippen molar-refractivity contribution in [2.24, 2.45) is 5.73 Å². The maximum absolute atomic E-state index is 12.9. The second kappa shape index (κ2) is 10.7. The molecular weight excluding hydrogens is 394 g/mol. The Balaban J connectivity index is 0.00000300. The average molecular weight is 420 g/mol. The van der Waals surface area contributed by atoms with Crippen LogP contribution in [-0.2, 0) is 4.79 Å². The highest BCUT2D eigenvalue weighted by atomic mass is 35.5. The van der Waals surface area contributed by atoms with Crippen LogP contribution in [0, 0.1) is 0 Å². The van der Waals surface area contributed by atoms with Gasteiger partial charge in [-0.15, -0.1) is 12.4 Å². The van der Waals surface area contributed by atoms with Crippen LogP contribution in [0.5, 0.6) is 11.5 Å². The fraction of sp³-hybridized carbons (Fsp3) is 0.333. The first-order valence-electron chi connectivity index (χ1n) is 9.26. The van der Waals surface area contributed by atoms with E-state index < -0.39 is 5.91 Å². The van der Waals surface area contributed by atoms with Crippen LogP contribution in [0.3, 0.4) is 0 Å². The number of piperazine rings is 1. The smallest absolute Gasteiger partial charge is 0.248 e. The molecule has 0 aliphatic carbocycles. The van der Waals surface area contributed by atoms with E-state index in [-0.39, 0.29) is 37.4 Å². The largest absolute Gasteiger partial charge is 0.496 e. The summed E-state index contributed by atoms with van der Waals surface area (Å²) in [6, 6.07) is 14.3. The molecule has 1 saturated heterocycles. The van der Waals surface area contributed by atoms with Crippen molar-refractivity contribution in [3.63, 3.8) is 0 Å². The lowest BCUT2D eigenvalue weighted by Gasteiger charge is -2.37. The molecule has 0 spiro atoms. The molecule has 0 saturated carbocycles. The number of ether oxygens (including phenoxy) is 2. The summed E-state index contributed by atoms with van der Waals surface area (Å²) in [4.78, 5) is 26.0. The van der Waals surface area contributed by atoms with E-state index >= 15 is 0 Å². The van der Waals surface area contributed by atoms with Crippen LogP contribution in [0.15, 0.2) is 48.5 Å². The van der Waals surface area contributed by atoms with E-state index in [9.17, 15) is 9.59 Å². The van der Waals surface area contributed by atoms with Crippen LogP contribution >= 0.6 is 12.4 Å². The number of amides is 2. The third-order valence-corrected chi connectivity index (χ3v) is 4.76. The van der Waals surface area contributed by atoms with Gasteiger partial charge in [0, 0.05) is 30.8 Å². The molecule has 2 aromatic carbocycles. The van der Waals surface area contributed by atoms with E-state index in [2.05, 4.69) is 5.32 Å². The first kappa shape index (κ1) is 22.5. The van der Waals surface area contributed by atoms with E-state index in [4.69, 9.17) is 15.2 Å². The Labute approximate surface area is 176 Å². The molecule has 1 unspecified atom stereocenters. The number of nitrogens with two attached hydrogens (primary N) is 1. The highest BCUT2D eigenvalue weighted by Gasteiger charge is 2.29. The van der Waals surface area contributed by atoms with E-state index in [0.717, 1.165) is 17.9 Å². The molecular formula is C21H26ClN3O4. The highest BCUT2D eigenvalue weighted by Crippen LogP contribution is 2.30. The molecule has 1 heterocycles. The van der Waals surface area contributed by atoms with E-state index in [1.54, 1.807) is 31.4 Å². The number of nitrogens with one attached hydrogen (secondary N) is 1. The van der Waals surface area contributed by atoms with Gasteiger partial charge in [-0.05, 0) is 24.3 Å². The predicted molar refractivity (Wildman–Crippen MR) is 113 cm³/mol. The molecule has 29 heavy (non-hydrogen) atoms. The number of rotatable bonds is 7. The number of hydrogen-bond acceptors (Lipinski definition) is 5. The number of halogens is 1. The molecule has 7 nitrogen and oxygen atoms in total. The second-order valence-electron chi connectivity index (χ2n) is 6.54. The van der Waals surface area contributed by atoms with Gasteiger partial charge in [-0.2, -0.15) is 0 Å². The fourth-order valence-electron chi connectivity index (χ4n) is 3.36. The zero-order chi connectivity index (χ0) is 19.9. The number of nitrogens with zero attached hydrogens (tertiary/aromatic N) is 1. The van der Waals surface area contributed by atoms with Crippen LogP contribution in [0.2, 0.25) is 0 Å². The predicted octanol–water partition coefficient (Wildman–Crippen LogP) is 2.16. The summed E-state index contributed by atoms with van der Waals surface area (Å²) in [5.74, 6) is 0.796. The average Bonchev–Trinajstić information content (AvgIpc) is 2.73. The Bertz CT molecular complexity index is 846. The molecule has 1 aliphatic rings. The standard InChI is InChI=1S/C21H25N3O4.ClH/c1-27-19-8-3-2-7-17(19)18-14-23-10-11-24(18)20(25)9-12-28-16-6-4-5-15(13-16)21(22)26;/h2-8,13,18,23H,9-12,14H2,1H3,(H2,22,26);1H. The van der Waals surface area contributed by atoms with Crippen LogP contribution in [0.25, 0.3) is 0 Å². The van der Waals surface area contributed by atoms with Crippen molar-refractivity contribution >= 4 is 24.2 Å². The molecule has 0 bridgehead atoms. The second-order valence-corrected chi connectivity index (χ2v) is 6.54. The van der Waals surface area contributed by atoms with Crippen LogP contribution in [-0.4, -0.2) is 50.1 Å². The Morgan fingerprint density at radius 1 is 1.21 bits per heavy atom. The Kier molecular flexibility index (Phi) is 8.30. The fourth-order valence-corrected chi connectivity index (χ4v) is 3.36. The molecule has 3 rings (SSSR count). The first-order chi connectivity index (χ1) is 13.6. The molecule has 0 radical (unpaired) electrons. The zero-order valence-corrected chi connectivity index (χ0v) is 17.1. The molecule has 2 aromatic rings. The first-order valence-corrected chi connectivity index (χ1v) is 9.26. The lowest BCUT2D eigenvalue weighted by molar-refractivity contribution is -0.135. The number of para-hydroxylation sites is 1. The highest BCUT2D eigenvalue weighted by molar-refractivity contribution is 5.93. The van der Waals surface area contributed by atoms with Crippen LogP contribution in [0.1, 0.15) is 28.4 Å². The van der Waals surface area contributed by atoms with Gasteiger partial charge in [-0.25, -0.2) is 0 Å². The molecule has 1 fully saturated rings. The molecule has 156 valence electrons. The number of benzene rings is 2. The lowest BCUT2D eigenvalue weighted by Crippen LogP contribution is -2.49. The summed E-state index contributed by atoms with van der Waals surface area (Å²) >= 11 is 0. The minimum absolute atomic E-state index is 0. The monoisotopic (exact) mass is 419 g/mol. The van der Waals surface area contributed by atoms with Crippen molar-refractivity contribution in [1.29, 1.82) is 0 Å². The summed E-state index contributed by atoms with van der Waals surface area (Å²) in [5.41, 5.74) is 6.64. The number of carbonyl (C=O) groups excluding carboxylic acids is 2.